The van der Waals surface area contributed by atoms with Gasteiger partial charge in [-0.1, -0.05) is 35.9 Å². The van der Waals surface area contributed by atoms with Gasteiger partial charge in [-0.3, -0.25) is 4.79 Å². The zero-order chi connectivity index (χ0) is 16.1. The standard InChI is InChI=1S/C17H17ClFNO2/c1-11-5-3-4-6-14(11)12(2)20-17(21)10-22-13-7-8-16(19)15(18)9-13/h3-9,12H,10H2,1-2H3,(H,20,21). The molecule has 0 fully saturated rings. The third-order valence-electron chi connectivity index (χ3n) is 3.29. The Balaban J connectivity index is 1.90. The minimum Gasteiger partial charge on any atom is -0.484 e. The highest BCUT2D eigenvalue weighted by Crippen LogP contribution is 2.21. The summed E-state index contributed by atoms with van der Waals surface area (Å²) < 4.78 is 18.3. The highest BCUT2D eigenvalue weighted by atomic mass is 35.5. The molecule has 0 aliphatic carbocycles. The quantitative estimate of drug-likeness (QED) is 0.902. The fourth-order valence-electron chi connectivity index (χ4n) is 2.15. The molecule has 0 aromatic heterocycles. The lowest BCUT2D eigenvalue weighted by Gasteiger charge is -2.16. The van der Waals surface area contributed by atoms with Gasteiger partial charge >= 0.3 is 0 Å². The first kappa shape index (κ1) is 16.3. The van der Waals surface area contributed by atoms with Gasteiger partial charge in [-0.25, -0.2) is 4.39 Å². The summed E-state index contributed by atoms with van der Waals surface area (Å²) >= 11 is 5.66. The maximum absolute atomic E-state index is 13.0. The molecule has 0 bridgehead atoms. The zero-order valence-electron chi connectivity index (χ0n) is 12.4. The summed E-state index contributed by atoms with van der Waals surface area (Å²) in [7, 11) is 0. The van der Waals surface area contributed by atoms with E-state index in [0.29, 0.717) is 5.75 Å². The van der Waals surface area contributed by atoms with E-state index in [2.05, 4.69) is 5.32 Å². The second-order valence-corrected chi connectivity index (χ2v) is 5.42. The molecular weight excluding hydrogens is 305 g/mol. The molecule has 2 aromatic rings. The van der Waals surface area contributed by atoms with Gasteiger partial charge in [0.2, 0.25) is 0 Å². The van der Waals surface area contributed by atoms with Crippen LogP contribution in [-0.4, -0.2) is 12.5 Å². The third kappa shape index (κ3) is 4.21. The lowest BCUT2D eigenvalue weighted by atomic mass is 10.0. The van der Waals surface area contributed by atoms with E-state index in [4.69, 9.17) is 16.3 Å². The fourth-order valence-corrected chi connectivity index (χ4v) is 2.32. The van der Waals surface area contributed by atoms with Crippen LogP contribution < -0.4 is 10.1 Å². The SMILES string of the molecule is Cc1ccccc1C(C)NC(=O)COc1ccc(F)c(Cl)c1. The van der Waals surface area contributed by atoms with Crippen molar-refractivity contribution in [2.75, 3.05) is 6.61 Å². The summed E-state index contributed by atoms with van der Waals surface area (Å²) in [6, 6.07) is 11.7. The number of benzene rings is 2. The van der Waals surface area contributed by atoms with Crippen LogP contribution in [0.1, 0.15) is 24.1 Å². The summed E-state index contributed by atoms with van der Waals surface area (Å²) in [5, 5.41) is 2.83. The van der Waals surface area contributed by atoms with Gasteiger partial charge < -0.3 is 10.1 Å². The van der Waals surface area contributed by atoms with Crippen LogP contribution in [0.3, 0.4) is 0 Å². The summed E-state index contributed by atoms with van der Waals surface area (Å²) in [6.07, 6.45) is 0. The van der Waals surface area contributed by atoms with Crippen molar-refractivity contribution in [1.82, 2.24) is 5.32 Å². The summed E-state index contributed by atoms with van der Waals surface area (Å²) in [6.45, 7) is 3.75. The molecule has 5 heteroatoms. The third-order valence-corrected chi connectivity index (χ3v) is 3.58. The first-order valence-corrected chi connectivity index (χ1v) is 7.28. The molecule has 22 heavy (non-hydrogen) atoms. The number of hydrogen-bond acceptors (Lipinski definition) is 2. The Labute approximate surface area is 134 Å². The second kappa shape index (κ2) is 7.27. The Morgan fingerprint density at radius 2 is 2.05 bits per heavy atom. The van der Waals surface area contributed by atoms with Crippen molar-refractivity contribution in [3.63, 3.8) is 0 Å². The molecule has 0 spiro atoms. The van der Waals surface area contributed by atoms with Crippen molar-refractivity contribution in [2.24, 2.45) is 0 Å². The van der Waals surface area contributed by atoms with Crippen LogP contribution in [0.5, 0.6) is 5.75 Å². The lowest BCUT2D eigenvalue weighted by Crippen LogP contribution is -2.31. The van der Waals surface area contributed by atoms with Gasteiger partial charge in [-0.2, -0.15) is 0 Å². The highest BCUT2D eigenvalue weighted by molar-refractivity contribution is 6.30. The monoisotopic (exact) mass is 321 g/mol. The zero-order valence-corrected chi connectivity index (χ0v) is 13.2. The molecule has 1 atom stereocenters. The first-order valence-electron chi connectivity index (χ1n) is 6.90. The number of nitrogens with one attached hydrogen (secondary N) is 1. The Morgan fingerprint density at radius 3 is 2.73 bits per heavy atom. The Bertz CT molecular complexity index is 675. The van der Waals surface area contributed by atoms with Crippen molar-refractivity contribution >= 4 is 17.5 Å². The maximum atomic E-state index is 13.0. The smallest absolute Gasteiger partial charge is 0.258 e. The van der Waals surface area contributed by atoms with E-state index in [1.54, 1.807) is 0 Å². The van der Waals surface area contributed by atoms with E-state index < -0.39 is 5.82 Å². The van der Waals surface area contributed by atoms with Gasteiger partial charge in [0.25, 0.3) is 5.91 Å². The molecule has 0 heterocycles. The predicted molar refractivity (Wildman–Crippen MR) is 84.6 cm³/mol. The Hall–Kier alpha value is -2.07. The van der Waals surface area contributed by atoms with E-state index in [9.17, 15) is 9.18 Å². The van der Waals surface area contributed by atoms with Crippen molar-refractivity contribution in [1.29, 1.82) is 0 Å². The van der Waals surface area contributed by atoms with Crippen molar-refractivity contribution < 1.29 is 13.9 Å². The number of aryl methyl sites for hydroxylation is 1. The van der Waals surface area contributed by atoms with Gasteiger partial charge in [-0.05, 0) is 37.1 Å². The van der Waals surface area contributed by atoms with Crippen molar-refractivity contribution in [2.45, 2.75) is 19.9 Å². The molecule has 2 aromatic carbocycles. The Morgan fingerprint density at radius 1 is 1.32 bits per heavy atom. The molecule has 3 nitrogen and oxygen atoms in total. The molecule has 1 amide bonds. The number of carbonyl (C=O) groups excluding carboxylic acids is 1. The Kier molecular flexibility index (Phi) is 5.39. The van der Waals surface area contributed by atoms with Gasteiger partial charge in [0.05, 0.1) is 11.1 Å². The number of amides is 1. The summed E-state index contributed by atoms with van der Waals surface area (Å²) in [5.41, 5.74) is 2.17. The van der Waals surface area contributed by atoms with E-state index in [-0.39, 0.29) is 23.6 Å². The summed E-state index contributed by atoms with van der Waals surface area (Å²) in [5.74, 6) is -0.423. The molecule has 0 saturated heterocycles. The van der Waals surface area contributed by atoms with Crippen LogP contribution in [-0.2, 0) is 4.79 Å². The van der Waals surface area contributed by atoms with E-state index in [1.807, 2.05) is 38.1 Å². The predicted octanol–water partition coefficient (Wildman–Crippen LogP) is 4.04. The molecule has 0 aliphatic rings. The lowest BCUT2D eigenvalue weighted by molar-refractivity contribution is -0.123. The normalized spacial score (nSPS) is 11.8. The van der Waals surface area contributed by atoms with Crippen LogP contribution in [0.25, 0.3) is 0 Å². The first-order chi connectivity index (χ1) is 10.5. The molecule has 1 unspecified atom stereocenters. The molecular formula is C17H17ClFNO2. The van der Waals surface area contributed by atoms with Gasteiger partial charge in [0.1, 0.15) is 11.6 Å². The average molecular weight is 322 g/mol. The highest BCUT2D eigenvalue weighted by Gasteiger charge is 2.12. The van der Waals surface area contributed by atoms with Crippen LogP contribution in [0.2, 0.25) is 5.02 Å². The average Bonchev–Trinajstić information content (AvgIpc) is 2.49. The summed E-state index contributed by atoms with van der Waals surface area (Å²) in [4.78, 5) is 11.9. The van der Waals surface area contributed by atoms with Crippen LogP contribution in [0.15, 0.2) is 42.5 Å². The van der Waals surface area contributed by atoms with Crippen LogP contribution >= 0.6 is 11.6 Å². The number of hydrogen-bond donors (Lipinski definition) is 1. The second-order valence-electron chi connectivity index (χ2n) is 5.01. The molecule has 1 N–H and O–H groups in total. The molecule has 0 radical (unpaired) electrons. The van der Waals surface area contributed by atoms with E-state index in [0.717, 1.165) is 11.1 Å². The van der Waals surface area contributed by atoms with Crippen molar-refractivity contribution in [3.8, 4) is 5.75 Å². The molecule has 0 aliphatic heterocycles. The van der Waals surface area contributed by atoms with Gasteiger partial charge in [0, 0.05) is 6.07 Å². The maximum Gasteiger partial charge on any atom is 0.258 e. The fraction of sp³-hybridized carbons (Fsp3) is 0.235. The topological polar surface area (TPSA) is 38.3 Å². The molecule has 116 valence electrons. The minimum absolute atomic E-state index is 0.0359. The molecule has 0 saturated carbocycles. The number of rotatable bonds is 5. The van der Waals surface area contributed by atoms with Crippen LogP contribution in [0.4, 0.5) is 4.39 Å². The van der Waals surface area contributed by atoms with Gasteiger partial charge in [0.15, 0.2) is 6.61 Å². The largest absolute Gasteiger partial charge is 0.484 e. The number of ether oxygens (including phenoxy) is 1. The number of carbonyl (C=O) groups is 1. The van der Waals surface area contributed by atoms with Gasteiger partial charge in [-0.15, -0.1) is 0 Å². The van der Waals surface area contributed by atoms with Crippen LogP contribution in [0, 0.1) is 12.7 Å². The van der Waals surface area contributed by atoms with E-state index in [1.165, 1.54) is 18.2 Å². The number of halogens is 2. The van der Waals surface area contributed by atoms with E-state index >= 15 is 0 Å². The molecule has 2 rings (SSSR count). The van der Waals surface area contributed by atoms with Crippen molar-refractivity contribution in [3.05, 3.63) is 64.4 Å². The minimum atomic E-state index is -0.522.